The number of nitrogens with one attached hydrogen (secondary N) is 2. The van der Waals surface area contributed by atoms with Crippen molar-refractivity contribution < 1.29 is 24.2 Å². The summed E-state index contributed by atoms with van der Waals surface area (Å²) in [6.07, 6.45) is 0.387. The van der Waals surface area contributed by atoms with Crippen LogP contribution in [-0.2, 0) is 9.53 Å². The van der Waals surface area contributed by atoms with Gasteiger partial charge >= 0.3 is 12.1 Å². The minimum atomic E-state index is -1.04. The van der Waals surface area contributed by atoms with Crippen molar-refractivity contribution >= 4 is 23.7 Å². The Labute approximate surface area is 190 Å². The van der Waals surface area contributed by atoms with Crippen LogP contribution in [-0.4, -0.2) is 35.2 Å². The molecule has 2 aliphatic rings. The molecule has 33 heavy (non-hydrogen) atoms. The van der Waals surface area contributed by atoms with Crippen LogP contribution in [0.15, 0.2) is 72.8 Å². The van der Waals surface area contributed by atoms with Crippen LogP contribution in [0.2, 0.25) is 0 Å². The lowest BCUT2D eigenvalue weighted by molar-refractivity contribution is -0.119. The fourth-order valence-corrected chi connectivity index (χ4v) is 4.31. The third-order valence-electron chi connectivity index (χ3n) is 6.26. The first kappa shape index (κ1) is 20.8. The lowest BCUT2D eigenvalue weighted by atomic mass is 9.98. The summed E-state index contributed by atoms with van der Waals surface area (Å²) in [5.74, 6) is -1.44. The number of amides is 2. The molecule has 3 N–H and O–H groups in total. The second-order valence-electron chi connectivity index (χ2n) is 8.37. The first-order valence-corrected chi connectivity index (χ1v) is 10.7. The summed E-state index contributed by atoms with van der Waals surface area (Å²) in [6, 6.07) is 22.0. The summed E-state index contributed by atoms with van der Waals surface area (Å²) < 4.78 is 5.56. The van der Waals surface area contributed by atoms with Crippen molar-refractivity contribution in [3.8, 4) is 11.1 Å². The van der Waals surface area contributed by atoms with Crippen molar-refractivity contribution in [2.45, 2.75) is 24.3 Å². The van der Waals surface area contributed by atoms with Gasteiger partial charge in [0.05, 0.1) is 5.56 Å². The number of carbonyl (C=O) groups excluding carboxylic acids is 2. The topological polar surface area (TPSA) is 105 Å². The van der Waals surface area contributed by atoms with Crippen LogP contribution in [0.1, 0.15) is 40.2 Å². The Morgan fingerprint density at radius 3 is 2.00 bits per heavy atom. The zero-order valence-electron chi connectivity index (χ0n) is 17.7. The Balaban J connectivity index is 1.22. The van der Waals surface area contributed by atoms with Crippen molar-refractivity contribution in [3.05, 3.63) is 89.5 Å². The largest absolute Gasteiger partial charge is 0.478 e. The molecule has 3 aromatic carbocycles. The fraction of sp³-hybridized carbons (Fsp3) is 0.192. The van der Waals surface area contributed by atoms with Gasteiger partial charge in [0.15, 0.2) is 0 Å². The Morgan fingerprint density at radius 2 is 1.45 bits per heavy atom. The molecule has 2 amide bonds. The number of hydrogen-bond donors (Lipinski definition) is 3. The maximum Gasteiger partial charge on any atom is 0.408 e. The quantitative estimate of drug-likeness (QED) is 0.525. The molecular weight excluding hydrogens is 420 g/mol. The molecule has 1 fully saturated rings. The predicted molar refractivity (Wildman–Crippen MR) is 122 cm³/mol. The summed E-state index contributed by atoms with van der Waals surface area (Å²) in [6.45, 7) is 0.175. The van der Waals surface area contributed by atoms with Crippen LogP contribution in [0.4, 0.5) is 10.5 Å². The van der Waals surface area contributed by atoms with E-state index in [1.807, 2.05) is 36.4 Å². The van der Waals surface area contributed by atoms with Gasteiger partial charge in [0, 0.05) is 11.6 Å². The van der Waals surface area contributed by atoms with Crippen LogP contribution in [0, 0.1) is 0 Å². The SMILES string of the molecule is O=C(NC1(C(=O)Nc2ccc(C(=O)O)cc2)CC1)OCC1c2ccccc2-c2ccccc21. The van der Waals surface area contributed by atoms with Crippen LogP contribution in [0.3, 0.4) is 0 Å². The monoisotopic (exact) mass is 442 g/mol. The van der Waals surface area contributed by atoms with E-state index in [1.54, 1.807) is 0 Å². The molecule has 0 unspecified atom stereocenters. The average molecular weight is 442 g/mol. The lowest BCUT2D eigenvalue weighted by Gasteiger charge is -2.19. The van der Waals surface area contributed by atoms with Gasteiger partial charge in [-0.05, 0) is 59.4 Å². The standard InChI is InChI=1S/C26H22N2O5/c29-23(30)16-9-11-17(12-10-16)27-24(31)26(13-14-26)28-25(32)33-15-22-20-7-3-1-5-18(20)19-6-2-4-8-21(19)22/h1-12,22H,13-15H2,(H,27,31)(H,28,32)(H,29,30). The molecule has 0 radical (unpaired) electrons. The van der Waals surface area contributed by atoms with Gasteiger partial charge in [-0.15, -0.1) is 0 Å². The van der Waals surface area contributed by atoms with E-state index in [9.17, 15) is 14.4 Å². The fourth-order valence-electron chi connectivity index (χ4n) is 4.31. The molecule has 3 aromatic rings. The highest BCUT2D eigenvalue weighted by atomic mass is 16.5. The molecule has 5 rings (SSSR count). The minimum absolute atomic E-state index is 0.0557. The second kappa shape index (κ2) is 8.09. The Bertz CT molecular complexity index is 1200. The zero-order chi connectivity index (χ0) is 23.0. The molecule has 0 aliphatic heterocycles. The lowest BCUT2D eigenvalue weighted by Crippen LogP contribution is -2.46. The Kier molecular flexibility index (Phi) is 5.09. The van der Waals surface area contributed by atoms with E-state index in [4.69, 9.17) is 9.84 Å². The number of ether oxygens (including phenoxy) is 1. The normalized spacial score (nSPS) is 15.2. The minimum Gasteiger partial charge on any atom is -0.478 e. The van der Waals surface area contributed by atoms with Crippen molar-refractivity contribution in [2.75, 3.05) is 11.9 Å². The molecule has 1 saturated carbocycles. The number of alkyl carbamates (subject to hydrolysis) is 1. The van der Waals surface area contributed by atoms with Gasteiger partial charge in [0.1, 0.15) is 12.1 Å². The molecule has 0 aromatic heterocycles. The summed E-state index contributed by atoms with van der Waals surface area (Å²) >= 11 is 0. The van der Waals surface area contributed by atoms with E-state index in [0.29, 0.717) is 18.5 Å². The first-order chi connectivity index (χ1) is 16.0. The number of carboxylic acids is 1. The van der Waals surface area contributed by atoms with Crippen LogP contribution in [0.25, 0.3) is 11.1 Å². The van der Waals surface area contributed by atoms with Gasteiger partial charge in [0.25, 0.3) is 0 Å². The number of benzene rings is 3. The summed E-state index contributed by atoms with van der Waals surface area (Å²) in [5, 5.41) is 14.4. The van der Waals surface area contributed by atoms with Gasteiger partial charge in [-0.2, -0.15) is 0 Å². The highest BCUT2D eigenvalue weighted by molar-refractivity contribution is 6.02. The highest BCUT2D eigenvalue weighted by Crippen LogP contribution is 2.44. The maximum absolute atomic E-state index is 12.7. The zero-order valence-corrected chi connectivity index (χ0v) is 17.7. The van der Waals surface area contributed by atoms with Gasteiger partial charge in [-0.3, -0.25) is 4.79 Å². The molecule has 7 heteroatoms. The third kappa shape index (κ3) is 3.93. The molecule has 2 aliphatic carbocycles. The summed E-state index contributed by atoms with van der Waals surface area (Å²) in [7, 11) is 0. The van der Waals surface area contributed by atoms with E-state index in [1.165, 1.54) is 24.3 Å². The number of fused-ring (bicyclic) bond motifs is 3. The molecular formula is C26H22N2O5. The number of hydrogen-bond acceptors (Lipinski definition) is 4. The highest BCUT2D eigenvalue weighted by Gasteiger charge is 2.51. The van der Waals surface area contributed by atoms with Crippen LogP contribution in [0.5, 0.6) is 0 Å². The summed E-state index contributed by atoms with van der Waals surface area (Å²) in [4.78, 5) is 36.3. The molecule has 0 heterocycles. The number of carboxylic acid groups (broad SMARTS) is 1. The van der Waals surface area contributed by atoms with Crippen LogP contribution < -0.4 is 10.6 Å². The number of aromatic carboxylic acids is 1. The smallest absolute Gasteiger partial charge is 0.408 e. The Hall–Kier alpha value is -4.13. The van der Waals surface area contributed by atoms with Gasteiger partial charge in [-0.1, -0.05) is 48.5 Å². The molecule has 0 spiro atoms. The second-order valence-corrected chi connectivity index (χ2v) is 8.37. The molecule has 0 saturated heterocycles. The van der Waals surface area contributed by atoms with Gasteiger partial charge < -0.3 is 20.5 Å². The van der Waals surface area contributed by atoms with Crippen molar-refractivity contribution in [1.82, 2.24) is 5.32 Å². The van der Waals surface area contributed by atoms with Crippen molar-refractivity contribution in [2.24, 2.45) is 0 Å². The average Bonchev–Trinajstić information content (AvgIpc) is 3.53. The predicted octanol–water partition coefficient (Wildman–Crippen LogP) is 4.39. The maximum atomic E-state index is 12.7. The van der Waals surface area contributed by atoms with E-state index in [0.717, 1.165) is 22.3 Å². The first-order valence-electron chi connectivity index (χ1n) is 10.7. The molecule has 166 valence electrons. The summed E-state index contributed by atoms with van der Waals surface area (Å²) in [5.41, 5.74) is 4.12. The van der Waals surface area contributed by atoms with E-state index in [-0.39, 0.29) is 24.0 Å². The number of rotatable bonds is 6. The molecule has 7 nitrogen and oxygen atoms in total. The van der Waals surface area contributed by atoms with E-state index < -0.39 is 17.6 Å². The van der Waals surface area contributed by atoms with Crippen molar-refractivity contribution in [1.29, 1.82) is 0 Å². The van der Waals surface area contributed by atoms with E-state index in [2.05, 4.69) is 22.8 Å². The van der Waals surface area contributed by atoms with Crippen LogP contribution >= 0.6 is 0 Å². The van der Waals surface area contributed by atoms with Gasteiger partial charge in [0.2, 0.25) is 5.91 Å². The van der Waals surface area contributed by atoms with Crippen molar-refractivity contribution in [3.63, 3.8) is 0 Å². The third-order valence-corrected chi connectivity index (χ3v) is 6.26. The van der Waals surface area contributed by atoms with Gasteiger partial charge in [-0.25, -0.2) is 9.59 Å². The Morgan fingerprint density at radius 1 is 0.879 bits per heavy atom. The number of carbonyl (C=O) groups is 3. The number of anilines is 1. The molecule has 0 bridgehead atoms. The molecule has 0 atom stereocenters. The van der Waals surface area contributed by atoms with E-state index >= 15 is 0 Å².